The van der Waals surface area contributed by atoms with E-state index in [0.29, 0.717) is 0 Å². The Hall–Kier alpha value is -1.59. The highest BCUT2D eigenvalue weighted by Crippen LogP contribution is 2.29. The number of aromatic nitrogens is 2. The van der Waals surface area contributed by atoms with Crippen molar-refractivity contribution in [2.24, 2.45) is 0 Å². The number of nitrogens with zero attached hydrogens (tertiary/aromatic N) is 1. The summed E-state index contributed by atoms with van der Waals surface area (Å²) in [5.74, 6) is 0.844. The van der Waals surface area contributed by atoms with Crippen LogP contribution in [0.25, 0.3) is 10.9 Å². The smallest absolute Gasteiger partial charge is 0.119 e. The van der Waals surface area contributed by atoms with Crippen molar-refractivity contribution in [2.45, 2.75) is 12.5 Å². The lowest BCUT2D eigenvalue weighted by molar-refractivity contribution is 0.0623. The van der Waals surface area contributed by atoms with E-state index in [1.807, 2.05) is 18.2 Å². The number of fused-ring (bicyclic) bond motifs is 1. The standard InChI is InChI=1S/C13H17N3O2/c1-17-9-2-3-11-10(8-9)13(16-15-11)12-4-5-14-6-7-18-12/h2-3,8,12,14H,4-7H2,1H3,(H,15,16). The fourth-order valence-corrected chi connectivity index (χ4v) is 2.32. The van der Waals surface area contributed by atoms with Crippen molar-refractivity contribution < 1.29 is 9.47 Å². The molecule has 5 nitrogen and oxygen atoms in total. The second-order valence-electron chi connectivity index (χ2n) is 4.42. The molecule has 0 radical (unpaired) electrons. The van der Waals surface area contributed by atoms with Gasteiger partial charge in [-0.2, -0.15) is 5.10 Å². The van der Waals surface area contributed by atoms with Crippen LogP contribution in [0.15, 0.2) is 18.2 Å². The maximum absolute atomic E-state index is 5.85. The molecule has 1 aliphatic rings. The van der Waals surface area contributed by atoms with Crippen LogP contribution in [0.3, 0.4) is 0 Å². The van der Waals surface area contributed by atoms with E-state index in [1.54, 1.807) is 7.11 Å². The lowest BCUT2D eigenvalue weighted by Gasteiger charge is -2.13. The maximum atomic E-state index is 5.85. The molecule has 1 unspecified atom stereocenters. The van der Waals surface area contributed by atoms with Gasteiger partial charge in [0.15, 0.2) is 0 Å². The maximum Gasteiger partial charge on any atom is 0.119 e. The molecule has 18 heavy (non-hydrogen) atoms. The van der Waals surface area contributed by atoms with Crippen LogP contribution in [-0.2, 0) is 4.74 Å². The molecular formula is C13H17N3O2. The summed E-state index contributed by atoms with van der Waals surface area (Å²) in [7, 11) is 1.67. The Bertz CT molecular complexity index is 530. The topological polar surface area (TPSA) is 59.2 Å². The highest BCUT2D eigenvalue weighted by atomic mass is 16.5. The van der Waals surface area contributed by atoms with Crippen molar-refractivity contribution in [1.82, 2.24) is 15.5 Å². The molecule has 0 bridgehead atoms. The van der Waals surface area contributed by atoms with Crippen molar-refractivity contribution in [3.8, 4) is 5.75 Å². The highest BCUT2D eigenvalue weighted by Gasteiger charge is 2.19. The van der Waals surface area contributed by atoms with E-state index in [0.717, 1.165) is 48.5 Å². The van der Waals surface area contributed by atoms with Gasteiger partial charge < -0.3 is 14.8 Å². The Balaban J connectivity index is 1.99. The van der Waals surface area contributed by atoms with Crippen molar-refractivity contribution >= 4 is 10.9 Å². The number of hydrogen-bond acceptors (Lipinski definition) is 4. The lowest BCUT2D eigenvalue weighted by Crippen LogP contribution is -2.16. The summed E-state index contributed by atoms with van der Waals surface area (Å²) in [6, 6.07) is 5.89. The fourth-order valence-electron chi connectivity index (χ4n) is 2.32. The van der Waals surface area contributed by atoms with E-state index in [1.165, 1.54) is 0 Å². The molecule has 1 atom stereocenters. The Morgan fingerprint density at radius 2 is 2.33 bits per heavy atom. The monoisotopic (exact) mass is 247 g/mol. The molecule has 2 N–H and O–H groups in total. The number of rotatable bonds is 2. The molecule has 1 aromatic heterocycles. The average Bonchev–Trinajstić information content (AvgIpc) is 2.64. The zero-order valence-electron chi connectivity index (χ0n) is 10.4. The first-order chi connectivity index (χ1) is 8.88. The number of hydrogen-bond donors (Lipinski definition) is 2. The molecule has 5 heteroatoms. The minimum Gasteiger partial charge on any atom is -0.497 e. The van der Waals surface area contributed by atoms with E-state index in [9.17, 15) is 0 Å². The highest BCUT2D eigenvalue weighted by molar-refractivity contribution is 5.83. The summed E-state index contributed by atoms with van der Waals surface area (Å²) in [5.41, 5.74) is 2.00. The van der Waals surface area contributed by atoms with Crippen molar-refractivity contribution in [3.63, 3.8) is 0 Å². The molecule has 2 heterocycles. The molecule has 2 aromatic rings. The first-order valence-electron chi connectivity index (χ1n) is 6.23. The van der Waals surface area contributed by atoms with Gasteiger partial charge in [-0.05, 0) is 31.2 Å². The number of H-pyrrole nitrogens is 1. The van der Waals surface area contributed by atoms with Crippen LogP contribution in [0.4, 0.5) is 0 Å². The van der Waals surface area contributed by atoms with Gasteiger partial charge in [0.05, 0.1) is 24.9 Å². The number of benzene rings is 1. The van der Waals surface area contributed by atoms with E-state index < -0.39 is 0 Å². The van der Waals surface area contributed by atoms with Crippen LogP contribution in [0, 0.1) is 0 Å². The molecule has 1 aliphatic heterocycles. The second kappa shape index (κ2) is 4.96. The lowest BCUT2D eigenvalue weighted by atomic mass is 10.1. The van der Waals surface area contributed by atoms with E-state index in [2.05, 4.69) is 15.5 Å². The molecule has 3 rings (SSSR count). The Labute approximate surface area is 105 Å². The second-order valence-corrected chi connectivity index (χ2v) is 4.42. The SMILES string of the molecule is COc1ccc2n[nH]c(C3CCNCCO3)c2c1. The fraction of sp³-hybridized carbons (Fsp3) is 0.462. The van der Waals surface area contributed by atoms with Crippen molar-refractivity contribution in [3.05, 3.63) is 23.9 Å². The van der Waals surface area contributed by atoms with Crippen molar-refractivity contribution in [2.75, 3.05) is 26.8 Å². The normalized spacial score (nSPS) is 20.8. The van der Waals surface area contributed by atoms with Crippen LogP contribution in [0.2, 0.25) is 0 Å². The molecule has 1 fully saturated rings. The third kappa shape index (κ3) is 2.07. The first kappa shape index (κ1) is 11.5. The van der Waals surface area contributed by atoms with Gasteiger partial charge in [-0.1, -0.05) is 0 Å². The Morgan fingerprint density at radius 1 is 1.39 bits per heavy atom. The molecule has 96 valence electrons. The van der Waals surface area contributed by atoms with Gasteiger partial charge in [-0.25, -0.2) is 0 Å². The van der Waals surface area contributed by atoms with E-state index >= 15 is 0 Å². The van der Waals surface area contributed by atoms with Crippen LogP contribution in [-0.4, -0.2) is 37.0 Å². The largest absolute Gasteiger partial charge is 0.497 e. The Morgan fingerprint density at radius 3 is 3.22 bits per heavy atom. The first-order valence-corrected chi connectivity index (χ1v) is 6.23. The van der Waals surface area contributed by atoms with Crippen molar-refractivity contribution in [1.29, 1.82) is 0 Å². The summed E-state index contributed by atoms with van der Waals surface area (Å²) >= 11 is 0. The third-order valence-electron chi connectivity index (χ3n) is 3.29. The molecule has 1 saturated heterocycles. The van der Waals surface area contributed by atoms with Gasteiger partial charge in [-0.15, -0.1) is 0 Å². The summed E-state index contributed by atoms with van der Waals surface area (Å²) in [4.78, 5) is 0. The number of methoxy groups -OCH3 is 1. The van der Waals surface area contributed by atoms with Crippen LogP contribution < -0.4 is 10.1 Å². The van der Waals surface area contributed by atoms with Gasteiger partial charge in [0.25, 0.3) is 0 Å². The van der Waals surface area contributed by atoms with E-state index in [-0.39, 0.29) is 6.10 Å². The van der Waals surface area contributed by atoms with E-state index in [4.69, 9.17) is 9.47 Å². The van der Waals surface area contributed by atoms with Crippen LogP contribution in [0.1, 0.15) is 18.2 Å². The van der Waals surface area contributed by atoms with Gasteiger partial charge >= 0.3 is 0 Å². The zero-order valence-corrected chi connectivity index (χ0v) is 10.4. The summed E-state index contributed by atoms with van der Waals surface area (Å²) in [5, 5.41) is 11.8. The van der Waals surface area contributed by atoms with Crippen LogP contribution in [0.5, 0.6) is 5.75 Å². The summed E-state index contributed by atoms with van der Waals surface area (Å²) in [6.45, 7) is 2.61. The summed E-state index contributed by atoms with van der Waals surface area (Å²) < 4.78 is 11.1. The molecule has 0 saturated carbocycles. The van der Waals surface area contributed by atoms with Gasteiger partial charge in [0.1, 0.15) is 11.9 Å². The zero-order chi connectivity index (χ0) is 12.4. The predicted octanol–water partition coefficient (Wildman–Crippen LogP) is 1.62. The quantitative estimate of drug-likeness (QED) is 0.846. The predicted molar refractivity (Wildman–Crippen MR) is 68.8 cm³/mol. The minimum absolute atomic E-state index is 0.0807. The average molecular weight is 247 g/mol. The number of ether oxygens (including phenoxy) is 2. The molecule has 0 amide bonds. The van der Waals surface area contributed by atoms with Gasteiger partial charge in [0, 0.05) is 11.9 Å². The number of nitrogens with one attached hydrogen (secondary N) is 2. The van der Waals surface area contributed by atoms with Crippen LogP contribution >= 0.6 is 0 Å². The third-order valence-corrected chi connectivity index (χ3v) is 3.29. The minimum atomic E-state index is 0.0807. The molecule has 0 spiro atoms. The Kier molecular flexibility index (Phi) is 3.17. The molecule has 1 aromatic carbocycles. The molecule has 0 aliphatic carbocycles. The molecular weight excluding hydrogens is 230 g/mol. The number of aromatic amines is 1. The van der Waals surface area contributed by atoms with Gasteiger partial charge in [0.2, 0.25) is 0 Å². The van der Waals surface area contributed by atoms with Gasteiger partial charge in [-0.3, -0.25) is 5.10 Å². The summed E-state index contributed by atoms with van der Waals surface area (Å²) in [6.07, 6.45) is 1.03.